The number of carbonyl (C=O) groups excluding carboxylic acids is 2. The van der Waals surface area contributed by atoms with E-state index in [0.717, 1.165) is 5.69 Å². The van der Waals surface area contributed by atoms with Crippen LogP contribution in [0.25, 0.3) is 0 Å². The van der Waals surface area contributed by atoms with Crippen LogP contribution in [-0.4, -0.2) is 35.2 Å². The van der Waals surface area contributed by atoms with Crippen LogP contribution in [-0.2, 0) is 16.1 Å². The number of rotatable bonds is 8. The second-order valence-electron chi connectivity index (χ2n) is 6.65. The van der Waals surface area contributed by atoms with E-state index in [-0.39, 0.29) is 11.4 Å². The maximum Gasteiger partial charge on any atom is 0.407 e. The van der Waals surface area contributed by atoms with Crippen molar-refractivity contribution >= 4 is 12.0 Å². The highest BCUT2D eigenvalue weighted by atomic mass is 16.5. The lowest BCUT2D eigenvalue weighted by molar-refractivity contribution is -0.122. The smallest absolute Gasteiger partial charge is 0.407 e. The Bertz CT molecular complexity index is 514. The number of nitrogens with two attached hydrogens (primary N) is 1. The maximum absolute atomic E-state index is 11.9. The zero-order valence-electron chi connectivity index (χ0n) is 14.7. The van der Waals surface area contributed by atoms with Gasteiger partial charge in [0.25, 0.3) is 0 Å². The molecule has 24 heavy (non-hydrogen) atoms. The number of alkyl carbamates (subject to hydrolysis) is 1. The summed E-state index contributed by atoms with van der Waals surface area (Å²) < 4.78 is 5.07. The summed E-state index contributed by atoms with van der Waals surface area (Å²) in [6.45, 7) is 6.33. The Morgan fingerprint density at radius 2 is 2.04 bits per heavy atom. The molecule has 4 N–H and O–H groups in total. The second kappa shape index (κ2) is 9.87. The minimum Gasteiger partial charge on any atom is -0.450 e. The van der Waals surface area contributed by atoms with E-state index < -0.39 is 12.1 Å². The van der Waals surface area contributed by atoms with Gasteiger partial charge in [0.15, 0.2) is 0 Å². The van der Waals surface area contributed by atoms with Crippen molar-refractivity contribution in [1.29, 1.82) is 0 Å². The van der Waals surface area contributed by atoms with Crippen LogP contribution in [0.2, 0.25) is 0 Å². The van der Waals surface area contributed by atoms with Crippen molar-refractivity contribution < 1.29 is 14.3 Å². The van der Waals surface area contributed by atoms with Crippen LogP contribution >= 0.6 is 0 Å². The lowest BCUT2D eigenvalue weighted by atomic mass is 10.1. The van der Waals surface area contributed by atoms with Crippen molar-refractivity contribution in [1.82, 2.24) is 15.6 Å². The number of amides is 2. The first-order valence-corrected chi connectivity index (χ1v) is 8.16. The summed E-state index contributed by atoms with van der Waals surface area (Å²) in [6, 6.07) is 4.95. The van der Waals surface area contributed by atoms with E-state index in [9.17, 15) is 9.59 Å². The maximum atomic E-state index is 11.9. The number of hydrogen-bond donors (Lipinski definition) is 3. The van der Waals surface area contributed by atoms with Crippen molar-refractivity contribution in [2.75, 3.05) is 6.61 Å². The molecule has 0 aliphatic carbocycles. The minimum absolute atomic E-state index is 0.202. The topological polar surface area (TPSA) is 106 Å². The molecular formula is C17H28N4O3. The summed E-state index contributed by atoms with van der Waals surface area (Å²) in [7, 11) is 0. The van der Waals surface area contributed by atoms with Crippen molar-refractivity contribution in [3.8, 4) is 0 Å². The summed E-state index contributed by atoms with van der Waals surface area (Å²) >= 11 is 0. The molecule has 1 aromatic heterocycles. The van der Waals surface area contributed by atoms with Gasteiger partial charge in [-0.2, -0.15) is 0 Å². The zero-order valence-corrected chi connectivity index (χ0v) is 14.7. The van der Waals surface area contributed by atoms with E-state index in [0.29, 0.717) is 32.4 Å². The predicted octanol–water partition coefficient (Wildman–Crippen LogP) is 1.72. The van der Waals surface area contributed by atoms with Crippen molar-refractivity contribution in [2.45, 2.75) is 58.2 Å². The molecule has 0 aromatic carbocycles. The molecule has 134 valence electrons. The molecular weight excluding hydrogens is 308 g/mol. The number of nitrogens with zero attached hydrogens (tertiary/aromatic N) is 1. The number of nitrogens with one attached hydrogen (secondary N) is 2. The fourth-order valence-electron chi connectivity index (χ4n) is 1.92. The van der Waals surface area contributed by atoms with Gasteiger partial charge in [0.1, 0.15) is 0 Å². The molecule has 1 atom stereocenters. The molecule has 0 aliphatic heterocycles. The van der Waals surface area contributed by atoms with Gasteiger partial charge in [0, 0.05) is 11.7 Å². The molecule has 7 heteroatoms. The van der Waals surface area contributed by atoms with E-state index in [1.807, 2.05) is 39.0 Å². The molecule has 1 rings (SSSR count). The van der Waals surface area contributed by atoms with Gasteiger partial charge in [-0.3, -0.25) is 9.78 Å². The molecule has 0 bridgehead atoms. The number of carbonyl (C=O) groups is 2. The largest absolute Gasteiger partial charge is 0.450 e. The summed E-state index contributed by atoms with van der Waals surface area (Å²) in [6.07, 6.45) is 3.16. The van der Waals surface area contributed by atoms with E-state index in [2.05, 4.69) is 15.6 Å². The summed E-state index contributed by atoms with van der Waals surface area (Å²) in [5, 5.41) is 5.48. The highest BCUT2D eigenvalue weighted by Crippen LogP contribution is 2.03. The number of aromatic nitrogens is 1. The molecule has 0 radical (unpaired) electrons. The SMILES string of the molecule is CC(C)(C)NC(=O)OCCCCC(N)C(=O)NCc1ccccn1. The van der Waals surface area contributed by atoms with Crippen LogP contribution in [0.5, 0.6) is 0 Å². The monoisotopic (exact) mass is 336 g/mol. The minimum atomic E-state index is -0.572. The van der Waals surface area contributed by atoms with E-state index in [1.165, 1.54) is 0 Å². The normalized spacial score (nSPS) is 12.3. The molecule has 1 heterocycles. The summed E-state index contributed by atoms with van der Waals surface area (Å²) in [4.78, 5) is 27.5. The Morgan fingerprint density at radius 1 is 1.29 bits per heavy atom. The molecule has 0 saturated carbocycles. The average molecular weight is 336 g/mol. The summed E-state index contributed by atoms with van der Waals surface area (Å²) in [5.74, 6) is -0.202. The van der Waals surface area contributed by atoms with Crippen LogP contribution in [0.4, 0.5) is 4.79 Å². The van der Waals surface area contributed by atoms with Gasteiger partial charge >= 0.3 is 6.09 Å². The Hall–Kier alpha value is -2.15. The Morgan fingerprint density at radius 3 is 2.67 bits per heavy atom. The van der Waals surface area contributed by atoms with E-state index in [1.54, 1.807) is 6.20 Å². The molecule has 2 amide bonds. The Labute approximate surface area is 143 Å². The van der Waals surface area contributed by atoms with Crippen LogP contribution in [0.1, 0.15) is 45.7 Å². The van der Waals surface area contributed by atoms with Gasteiger partial charge in [-0.15, -0.1) is 0 Å². The van der Waals surface area contributed by atoms with Gasteiger partial charge < -0.3 is 21.1 Å². The van der Waals surface area contributed by atoms with Crippen molar-refractivity contribution in [3.05, 3.63) is 30.1 Å². The molecule has 0 fully saturated rings. The predicted molar refractivity (Wildman–Crippen MR) is 92.1 cm³/mol. The summed E-state index contributed by atoms with van der Waals surface area (Å²) in [5.41, 5.74) is 6.33. The molecule has 7 nitrogen and oxygen atoms in total. The lowest BCUT2D eigenvalue weighted by Crippen LogP contribution is -2.41. The number of hydrogen-bond acceptors (Lipinski definition) is 5. The van der Waals surface area contributed by atoms with Gasteiger partial charge in [-0.25, -0.2) is 4.79 Å². The van der Waals surface area contributed by atoms with Crippen LogP contribution in [0.3, 0.4) is 0 Å². The van der Waals surface area contributed by atoms with Gasteiger partial charge in [-0.1, -0.05) is 6.07 Å². The molecule has 0 aliphatic rings. The van der Waals surface area contributed by atoms with E-state index in [4.69, 9.17) is 10.5 Å². The Balaban J connectivity index is 2.11. The first-order chi connectivity index (χ1) is 11.3. The fraction of sp³-hybridized carbons (Fsp3) is 0.588. The third-order valence-electron chi connectivity index (χ3n) is 3.13. The molecule has 0 spiro atoms. The quantitative estimate of drug-likeness (QED) is 0.627. The third kappa shape index (κ3) is 9.09. The molecule has 1 unspecified atom stereocenters. The van der Waals surface area contributed by atoms with Gasteiger partial charge in [-0.05, 0) is 52.2 Å². The zero-order chi connectivity index (χ0) is 18.0. The van der Waals surface area contributed by atoms with Gasteiger partial charge in [0.2, 0.25) is 5.91 Å². The van der Waals surface area contributed by atoms with Crippen molar-refractivity contribution in [2.24, 2.45) is 5.73 Å². The first kappa shape index (κ1) is 19.9. The first-order valence-electron chi connectivity index (χ1n) is 8.16. The highest BCUT2D eigenvalue weighted by Gasteiger charge is 2.15. The molecule has 1 aromatic rings. The standard InChI is InChI=1S/C17H28N4O3/c1-17(2,3)21-16(23)24-11-7-5-9-14(18)15(22)20-12-13-8-4-6-10-19-13/h4,6,8,10,14H,5,7,9,11-12,18H2,1-3H3,(H,20,22)(H,21,23). The second-order valence-corrected chi connectivity index (χ2v) is 6.65. The van der Waals surface area contributed by atoms with Crippen molar-refractivity contribution in [3.63, 3.8) is 0 Å². The third-order valence-corrected chi connectivity index (χ3v) is 3.13. The lowest BCUT2D eigenvalue weighted by Gasteiger charge is -2.20. The molecule has 0 saturated heterocycles. The Kier molecular flexibility index (Phi) is 8.18. The average Bonchev–Trinajstić information content (AvgIpc) is 2.51. The van der Waals surface area contributed by atoms with Crippen LogP contribution in [0, 0.1) is 0 Å². The van der Waals surface area contributed by atoms with Crippen LogP contribution < -0.4 is 16.4 Å². The van der Waals surface area contributed by atoms with E-state index >= 15 is 0 Å². The fourth-order valence-corrected chi connectivity index (χ4v) is 1.92. The number of ether oxygens (including phenoxy) is 1. The number of pyridine rings is 1. The van der Waals surface area contributed by atoms with Crippen LogP contribution in [0.15, 0.2) is 24.4 Å². The van der Waals surface area contributed by atoms with Gasteiger partial charge in [0.05, 0.1) is 24.9 Å². The number of unbranched alkanes of at least 4 members (excludes halogenated alkanes) is 1. The highest BCUT2D eigenvalue weighted by molar-refractivity contribution is 5.81.